The van der Waals surface area contributed by atoms with Crippen LogP contribution in [0.5, 0.6) is 0 Å². The van der Waals surface area contributed by atoms with Crippen LogP contribution < -0.4 is 10.6 Å². The smallest absolute Gasteiger partial charge is 0.227 e. The molecule has 0 aromatic carbocycles. The maximum Gasteiger partial charge on any atom is 0.227 e. The second-order valence-electron chi connectivity index (χ2n) is 5.20. The Labute approximate surface area is 108 Å². The summed E-state index contributed by atoms with van der Waals surface area (Å²) >= 11 is 2.02. The molecule has 17 heavy (non-hydrogen) atoms. The number of hydrogen-bond acceptors (Lipinski definition) is 4. The van der Waals surface area contributed by atoms with Gasteiger partial charge in [0.25, 0.3) is 0 Å². The maximum atomic E-state index is 12.0. The van der Waals surface area contributed by atoms with Gasteiger partial charge in [-0.15, -0.1) is 0 Å². The van der Waals surface area contributed by atoms with Crippen LogP contribution in [0.3, 0.4) is 0 Å². The third-order valence-electron chi connectivity index (χ3n) is 3.73. The van der Waals surface area contributed by atoms with E-state index in [1.807, 2.05) is 11.8 Å². The first-order valence-electron chi connectivity index (χ1n) is 6.50. The number of amides is 1. The van der Waals surface area contributed by atoms with Crippen LogP contribution in [0.25, 0.3) is 0 Å². The van der Waals surface area contributed by atoms with Crippen molar-refractivity contribution in [3.8, 4) is 0 Å². The van der Waals surface area contributed by atoms with Crippen molar-refractivity contribution in [1.29, 1.82) is 0 Å². The highest BCUT2D eigenvalue weighted by Crippen LogP contribution is 2.24. The van der Waals surface area contributed by atoms with Gasteiger partial charge in [-0.3, -0.25) is 9.69 Å². The van der Waals surface area contributed by atoms with Gasteiger partial charge in [0.05, 0.1) is 5.41 Å². The van der Waals surface area contributed by atoms with Crippen LogP contribution in [-0.2, 0) is 4.79 Å². The molecule has 2 rings (SSSR count). The van der Waals surface area contributed by atoms with Gasteiger partial charge in [0, 0.05) is 44.2 Å². The number of nitrogens with one attached hydrogen (secondary N) is 2. The molecule has 1 amide bonds. The van der Waals surface area contributed by atoms with Gasteiger partial charge in [0.15, 0.2) is 0 Å². The molecule has 0 saturated carbocycles. The summed E-state index contributed by atoms with van der Waals surface area (Å²) in [7, 11) is 0. The summed E-state index contributed by atoms with van der Waals surface area (Å²) in [4.78, 5) is 14.5. The van der Waals surface area contributed by atoms with E-state index in [0.717, 1.165) is 32.6 Å². The highest BCUT2D eigenvalue weighted by Gasteiger charge is 2.35. The minimum Gasteiger partial charge on any atom is -0.354 e. The molecule has 0 spiro atoms. The lowest BCUT2D eigenvalue weighted by atomic mass is 9.89. The third kappa shape index (κ3) is 3.60. The molecule has 0 aromatic heterocycles. The Bertz CT molecular complexity index is 260. The van der Waals surface area contributed by atoms with E-state index in [-0.39, 0.29) is 11.3 Å². The molecule has 0 bridgehead atoms. The average Bonchev–Trinajstić information content (AvgIpc) is 2.79. The van der Waals surface area contributed by atoms with Gasteiger partial charge in [0.2, 0.25) is 5.91 Å². The number of nitrogens with zero attached hydrogens (tertiary/aromatic N) is 1. The molecule has 2 fully saturated rings. The monoisotopic (exact) mass is 257 g/mol. The summed E-state index contributed by atoms with van der Waals surface area (Å²) in [5.41, 5.74) is -0.183. The molecule has 2 aliphatic heterocycles. The molecule has 2 saturated heterocycles. The Hall–Kier alpha value is -0.260. The first kappa shape index (κ1) is 13.2. The van der Waals surface area contributed by atoms with Gasteiger partial charge in [0.1, 0.15) is 0 Å². The fraction of sp³-hybridized carbons (Fsp3) is 0.917. The lowest BCUT2D eigenvalue weighted by Crippen LogP contribution is -2.44. The highest BCUT2D eigenvalue weighted by molar-refractivity contribution is 7.99. The normalized spacial score (nSPS) is 30.4. The Morgan fingerprint density at radius 1 is 1.47 bits per heavy atom. The van der Waals surface area contributed by atoms with Crippen LogP contribution in [0.4, 0.5) is 0 Å². The molecule has 0 radical (unpaired) electrons. The summed E-state index contributed by atoms with van der Waals surface area (Å²) in [6, 6.07) is 0. The third-order valence-corrected chi connectivity index (χ3v) is 4.68. The van der Waals surface area contributed by atoms with Crippen molar-refractivity contribution >= 4 is 17.7 Å². The van der Waals surface area contributed by atoms with Crippen molar-refractivity contribution in [3.05, 3.63) is 0 Å². The lowest BCUT2D eigenvalue weighted by Gasteiger charge is -2.27. The Balaban J connectivity index is 1.65. The zero-order chi connectivity index (χ0) is 12.1. The minimum absolute atomic E-state index is 0.183. The van der Waals surface area contributed by atoms with Crippen LogP contribution in [-0.4, -0.2) is 61.6 Å². The topological polar surface area (TPSA) is 44.4 Å². The Morgan fingerprint density at radius 2 is 2.24 bits per heavy atom. The van der Waals surface area contributed by atoms with Crippen LogP contribution in [0.2, 0.25) is 0 Å². The molecular formula is C12H23N3OS. The van der Waals surface area contributed by atoms with E-state index >= 15 is 0 Å². The molecule has 5 heteroatoms. The van der Waals surface area contributed by atoms with E-state index in [2.05, 4.69) is 22.5 Å². The minimum atomic E-state index is -0.183. The van der Waals surface area contributed by atoms with Gasteiger partial charge in [-0.25, -0.2) is 0 Å². The van der Waals surface area contributed by atoms with Crippen LogP contribution in [0.1, 0.15) is 13.3 Å². The van der Waals surface area contributed by atoms with Gasteiger partial charge in [-0.05, 0) is 19.9 Å². The summed E-state index contributed by atoms with van der Waals surface area (Å²) in [6.45, 7) is 7.96. The number of carbonyl (C=O) groups excluding carboxylic acids is 1. The summed E-state index contributed by atoms with van der Waals surface area (Å²) in [5.74, 6) is 2.68. The quantitative estimate of drug-likeness (QED) is 0.752. The molecule has 0 aromatic rings. The molecule has 2 N–H and O–H groups in total. The van der Waals surface area contributed by atoms with E-state index < -0.39 is 0 Å². The molecule has 2 heterocycles. The molecule has 1 atom stereocenters. The lowest BCUT2D eigenvalue weighted by molar-refractivity contribution is -0.129. The summed E-state index contributed by atoms with van der Waals surface area (Å²) in [5, 5.41) is 6.34. The number of rotatable bonds is 4. The van der Waals surface area contributed by atoms with E-state index in [4.69, 9.17) is 0 Å². The zero-order valence-corrected chi connectivity index (χ0v) is 11.4. The van der Waals surface area contributed by atoms with Crippen LogP contribution >= 0.6 is 11.8 Å². The number of hydrogen-bond donors (Lipinski definition) is 2. The van der Waals surface area contributed by atoms with E-state index in [0.29, 0.717) is 0 Å². The number of carbonyl (C=O) groups is 1. The molecule has 98 valence electrons. The van der Waals surface area contributed by atoms with Crippen molar-refractivity contribution < 1.29 is 4.79 Å². The van der Waals surface area contributed by atoms with Gasteiger partial charge >= 0.3 is 0 Å². The van der Waals surface area contributed by atoms with E-state index in [1.165, 1.54) is 24.6 Å². The highest BCUT2D eigenvalue weighted by atomic mass is 32.2. The largest absolute Gasteiger partial charge is 0.354 e. The van der Waals surface area contributed by atoms with Crippen molar-refractivity contribution in [2.75, 3.05) is 50.8 Å². The molecular weight excluding hydrogens is 234 g/mol. The summed E-state index contributed by atoms with van der Waals surface area (Å²) < 4.78 is 0. The molecule has 2 aliphatic rings. The standard InChI is InChI=1S/C12H23N3OS/c1-12(2-3-13-10-12)11(16)14-4-5-15-6-8-17-9-7-15/h13H,2-10H2,1H3,(H,14,16). The molecule has 4 nitrogen and oxygen atoms in total. The summed E-state index contributed by atoms with van der Waals surface area (Å²) in [6.07, 6.45) is 0.958. The van der Waals surface area contributed by atoms with Crippen LogP contribution in [0.15, 0.2) is 0 Å². The predicted molar refractivity (Wildman–Crippen MR) is 72.4 cm³/mol. The van der Waals surface area contributed by atoms with Crippen molar-refractivity contribution in [2.45, 2.75) is 13.3 Å². The first-order chi connectivity index (χ1) is 8.21. The van der Waals surface area contributed by atoms with E-state index in [1.54, 1.807) is 0 Å². The predicted octanol–water partition coefficient (Wildman–Crippen LogP) is 0.151. The first-order valence-corrected chi connectivity index (χ1v) is 7.65. The van der Waals surface area contributed by atoms with Gasteiger partial charge in [-0.1, -0.05) is 0 Å². The second-order valence-corrected chi connectivity index (χ2v) is 6.42. The number of thioether (sulfide) groups is 1. The van der Waals surface area contributed by atoms with Gasteiger partial charge < -0.3 is 10.6 Å². The SMILES string of the molecule is CC1(C(=O)NCCN2CCSCC2)CCNC1. The van der Waals surface area contributed by atoms with Crippen molar-refractivity contribution in [2.24, 2.45) is 5.41 Å². The van der Waals surface area contributed by atoms with Crippen molar-refractivity contribution in [3.63, 3.8) is 0 Å². The second kappa shape index (κ2) is 6.07. The zero-order valence-electron chi connectivity index (χ0n) is 10.6. The Kier molecular flexibility index (Phi) is 4.70. The average molecular weight is 257 g/mol. The van der Waals surface area contributed by atoms with Crippen molar-refractivity contribution in [1.82, 2.24) is 15.5 Å². The fourth-order valence-electron chi connectivity index (χ4n) is 2.38. The van der Waals surface area contributed by atoms with Crippen LogP contribution in [0, 0.1) is 5.41 Å². The van der Waals surface area contributed by atoms with E-state index in [9.17, 15) is 4.79 Å². The fourth-order valence-corrected chi connectivity index (χ4v) is 3.36. The Morgan fingerprint density at radius 3 is 2.88 bits per heavy atom. The molecule has 0 aliphatic carbocycles. The maximum absolute atomic E-state index is 12.0. The molecule has 1 unspecified atom stereocenters. The van der Waals surface area contributed by atoms with Gasteiger partial charge in [-0.2, -0.15) is 11.8 Å².